The summed E-state index contributed by atoms with van der Waals surface area (Å²) < 4.78 is 27.1. The van der Waals surface area contributed by atoms with Gasteiger partial charge in [0, 0.05) is 38.0 Å². The lowest BCUT2D eigenvalue weighted by Crippen LogP contribution is -2.49. The number of benzene rings is 1. The third kappa shape index (κ3) is 3.24. The Hall–Kier alpha value is -3.62. The number of H-pyrrole nitrogens is 1. The summed E-state index contributed by atoms with van der Waals surface area (Å²) in [5.41, 5.74) is 4.04. The van der Waals surface area contributed by atoms with Crippen molar-refractivity contribution in [2.75, 3.05) is 13.1 Å². The summed E-state index contributed by atoms with van der Waals surface area (Å²) in [6.07, 6.45) is 7.42. The van der Waals surface area contributed by atoms with Crippen LogP contribution in [-0.4, -0.2) is 50.4 Å². The van der Waals surface area contributed by atoms with Gasteiger partial charge in [0.15, 0.2) is 0 Å². The molecule has 7 nitrogen and oxygen atoms in total. The van der Waals surface area contributed by atoms with Crippen molar-refractivity contribution in [1.82, 2.24) is 25.1 Å². The van der Waals surface area contributed by atoms with E-state index in [0.29, 0.717) is 25.1 Å². The van der Waals surface area contributed by atoms with E-state index in [1.54, 1.807) is 23.5 Å². The number of hydrogen-bond acceptors (Lipinski definition) is 4. The van der Waals surface area contributed by atoms with Crippen molar-refractivity contribution >= 4 is 29.4 Å². The molecule has 0 bridgehead atoms. The molecule has 146 valence electrons. The van der Waals surface area contributed by atoms with Gasteiger partial charge in [-0.1, -0.05) is 6.08 Å². The maximum atomic E-state index is 13.6. The highest BCUT2D eigenvalue weighted by atomic mass is 19.1. The number of likely N-dealkylation sites (tertiary alicyclic amines) is 1. The van der Waals surface area contributed by atoms with E-state index in [0.717, 1.165) is 28.2 Å². The summed E-state index contributed by atoms with van der Waals surface area (Å²) in [6, 6.07) is 4.45. The first-order valence-corrected chi connectivity index (χ1v) is 9.12. The van der Waals surface area contributed by atoms with Crippen molar-refractivity contribution < 1.29 is 13.6 Å². The fourth-order valence-electron chi connectivity index (χ4n) is 3.62. The molecule has 29 heavy (non-hydrogen) atoms. The molecular weight excluding hydrogens is 378 g/mol. The summed E-state index contributed by atoms with van der Waals surface area (Å²) in [4.78, 5) is 18.8. The molecule has 1 aromatic carbocycles. The molecular formula is C20H16F2N6O. The quantitative estimate of drug-likeness (QED) is 0.723. The van der Waals surface area contributed by atoms with Gasteiger partial charge < -0.3 is 4.90 Å². The van der Waals surface area contributed by atoms with Gasteiger partial charge in [-0.05, 0) is 34.9 Å². The Morgan fingerprint density at radius 3 is 2.72 bits per heavy atom. The predicted molar refractivity (Wildman–Crippen MR) is 103 cm³/mol. The van der Waals surface area contributed by atoms with Crippen molar-refractivity contribution in [3.8, 4) is 0 Å². The highest BCUT2D eigenvalue weighted by Crippen LogP contribution is 2.32. The van der Waals surface area contributed by atoms with Crippen molar-refractivity contribution in [1.29, 1.82) is 0 Å². The van der Waals surface area contributed by atoms with Crippen LogP contribution in [0.3, 0.4) is 0 Å². The molecule has 1 atom stereocenters. The van der Waals surface area contributed by atoms with Crippen molar-refractivity contribution in [3.05, 3.63) is 65.0 Å². The summed E-state index contributed by atoms with van der Waals surface area (Å²) in [7, 11) is 0. The minimum atomic E-state index is -0.670. The van der Waals surface area contributed by atoms with E-state index in [1.165, 1.54) is 17.1 Å². The zero-order chi connectivity index (χ0) is 20.0. The van der Waals surface area contributed by atoms with Gasteiger partial charge in [-0.25, -0.2) is 18.6 Å². The van der Waals surface area contributed by atoms with Crippen LogP contribution in [-0.2, 0) is 0 Å². The van der Waals surface area contributed by atoms with E-state index >= 15 is 0 Å². The first kappa shape index (κ1) is 17.5. The number of carbonyl (C=O) groups is 1. The van der Waals surface area contributed by atoms with Crippen LogP contribution in [0.4, 0.5) is 13.6 Å². The topological polar surface area (TPSA) is 77.5 Å². The van der Waals surface area contributed by atoms with E-state index in [9.17, 15) is 13.6 Å². The second-order valence-electron chi connectivity index (χ2n) is 7.11. The van der Waals surface area contributed by atoms with Crippen molar-refractivity contribution in [2.45, 2.75) is 12.5 Å². The molecule has 2 aromatic heterocycles. The minimum Gasteiger partial charge on any atom is -0.315 e. The smallest absolute Gasteiger partial charge is 0.315 e. The van der Waals surface area contributed by atoms with E-state index in [2.05, 4.69) is 20.3 Å². The van der Waals surface area contributed by atoms with Gasteiger partial charge in [-0.15, -0.1) is 0 Å². The normalized spacial score (nSPS) is 18.4. The molecule has 2 aliphatic rings. The number of aromatic amines is 1. The molecule has 0 saturated carbocycles. The molecule has 2 amide bonds. The van der Waals surface area contributed by atoms with Crippen LogP contribution >= 0.6 is 0 Å². The molecule has 5 rings (SSSR count). The van der Waals surface area contributed by atoms with E-state index < -0.39 is 17.7 Å². The summed E-state index contributed by atoms with van der Waals surface area (Å²) in [5, 5.41) is 12.2. The van der Waals surface area contributed by atoms with E-state index in [4.69, 9.17) is 0 Å². The number of aromatic nitrogens is 3. The van der Waals surface area contributed by atoms with Gasteiger partial charge >= 0.3 is 6.03 Å². The SMILES string of the molecule is O=C(N1CC(=Cc2cnc3cn[nH]c3c2)C1)N1N=CC[C@H]1c1cc(F)cc(F)c1. The zero-order valence-corrected chi connectivity index (χ0v) is 15.2. The highest BCUT2D eigenvalue weighted by molar-refractivity contribution is 5.81. The maximum Gasteiger partial charge on any atom is 0.341 e. The Morgan fingerprint density at radius 1 is 1.14 bits per heavy atom. The van der Waals surface area contributed by atoms with E-state index in [-0.39, 0.29) is 6.03 Å². The second kappa shape index (κ2) is 6.77. The number of nitrogens with one attached hydrogen (secondary N) is 1. The number of nitrogens with zero attached hydrogens (tertiary/aromatic N) is 5. The maximum absolute atomic E-state index is 13.6. The molecule has 3 aromatic rings. The monoisotopic (exact) mass is 394 g/mol. The Labute approximate surface area is 164 Å². The zero-order valence-electron chi connectivity index (χ0n) is 15.2. The number of pyridine rings is 1. The van der Waals surface area contributed by atoms with Gasteiger partial charge in [0.2, 0.25) is 0 Å². The first-order valence-electron chi connectivity index (χ1n) is 9.12. The Kier molecular flexibility index (Phi) is 4.08. The third-order valence-electron chi connectivity index (χ3n) is 5.04. The fourth-order valence-corrected chi connectivity index (χ4v) is 3.62. The standard InChI is InChI=1S/C20H16F2N6O/c21-15-5-14(6-16(22)7-15)19-1-2-25-28(19)20(29)27-10-13(11-27)3-12-4-17-18(23-8-12)9-24-26-17/h2-9,19H,1,10-11H2,(H,24,26)/t19-/m0/s1. The number of rotatable bonds is 2. The van der Waals surface area contributed by atoms with Crippen LogP contribution < -0.4 is 0 Å². The van der Waals surface area contributed by atoms with Gasteiger partial charge in [0.05, 0.1) is 17.8 Å². The van der Waals surface area contributed by atoms with Crippen LogP contribution in [0.1, 0.15) is 23.6 Å². The van der Waals surface area contributed by atoms with Gasteiger partial charge in [0.1, 0.15) is 17.2 Å². The summed E-state index contributed by atoms with van der Waals surface area (Å²) >= 11 is 0. The Morgan fingerprint density at radius 2 is 1.93 bits per heavy atom. The first-order chi connectivity index (χ1) is 14.1. The molecule has 4 heterocycles. The van der Waals surface area contributed by atoms with Gasteiger partial charge in [-0.2, -0.15) is 10.2 Å². The molecule has 1 saturated heterocycles. The number of halogens is 2. The average molecular weight is 394 g/mol. The van der Waals surface area contributed by atoms with Gasteiger partial charge in [-0.3, -0.25) is 10.1 Å². The molecule has 0 aliphatic carbocycles. The van der Waals surface area contributed by atoms with Crippen LogP contribution in [0, 0.1) is 11.6 Å². The molecule has 1 fully saturated rings. The van der Waals surface area contributed by atoms with Crippen LogP contribution in [0.2, 0.25) is 0 Å². The number of hydrogen-bond donors (Lipinski definition) is 1. The van der Waals surface area contributed by atoms with Crippen LogP contribution in [0.5, 0.6) is 0 Å². The fraction of sp³-hybridized carbons (Fsp3) is 0.200. The molecule has 0 radical (unpaired) electrons. The average Bonchev–Trinajstić information content (AvgIpc) is 3.31. The van der Waals surface area contributed by atoms with Crippen LogP contribution in [0.15, 0.2) is 47.3 Å². The van der Waals surface area contributed by atoms with Crippen LogP contribution in [0.25, 0.3) is 17.1 Å². The molecule has 2 aliphatic heterocycles. The molecule has 1 N–H and O–H groups in total. The number of carbonyl (C=O) groups excluding carboxylic acids is 1. The number of fused-ring (bicyclic) bond motifs is 1. The highest BCUT2D eigenvalue weighted by Gasteiger charge is 2.35. The molecule has 0 spiro atoms. The number of hydrazone groups is 1. The lowest BCUT2D eigenvalue weighted by atomic mass is 10.0. The van der Waals surface area contributed by atoms with Crippen molar-refractivity contribution in [2.24, 2.45) is 5.10 Å². The molecule has 9 heteroatoms. The van der Waals surface area contributed by atoms with E-state index in [1.807, 2.05) is 12.1 Å². The summed E-state index contributed by atoms with van der Waals surface area (Å²) in [6.45, 7) is 0.937. The lowest BCUT2D eigenvalue weighted by molar-refractivity contribution is 0.136. The lowest BCUT2D eigenvalue weighted by Gasteiger charge is -2.37. The largest absolute Gasteiger partial charge is 0.341 e. The van der Waals surface area contributed by atoms with Gasteiger partial charge in [0.25, 0.3) is 0 Å². The minimum absolute atomic E-state index is 0.285. The van der Waals surface area contributed by atoms with Crippen molar-refractivity contribution in [3.63, 3.8) is 0 Å². The summed E-state index contributed by atoms with van der Waals surface area (Å²) in [5.74, 6) is -1.34. The molecule has 0 unspecified atom stereocenters. The Bertz CT molecular complexity index is 1140. The Balaban J connectivity index is 1.28. The number of urea groups is 1. The third-order valence-corrected chi connectivity index (χ3v) is 5.04. The number of amides is 2. The predicted octanol–water partition coefficient (Wildman–Crippen LogP) is 3.49. The second-order valence-corrected chi connectivity index (χ2v) is 7.11.